The smallest absolute Gasteiger partial charge is 0.335 e. The number of hydrogen-bond acceptors (Lipinski definition) is 8. The third-order valence-corrected chi connectivity index (χ3v) is 3.59. The molecule has 0 spiro atoms. The molecule has 5 N–H and O–H groups in total. The molecular weight excluding hydrogens is 324 g/mol. The number of aliphatic carboxylic acids is 1. The number of phenols is 1. The Morgan fingerprint density at radius 3 is 2.46 bits per heavy atom. The quantitative estimate of drug-likeness (QED) is 0.413. The van der Waals surface area contributed by atoms with Crippen LogP contribution in [-0.2, 0) is 25.5 Å². The van der Waals surface area contributed by atoms with Gasteiger partial charge in [-0.15, -0.1) is 0 Å². The fraction of sp³-hybridized carbons (Fsp3) is 0.467. The van der Waals surface area contributed by atoms with Gasteiger partial charge in [0.1, 0.15) is 24.1 Å². The molecule has 5 atom stereocenters. The summed E-state index contributed by atoms with van der Waals surface area (Å²) in [4.78, 5) is 22.8. The van der Waals surface area contributed by atoms with E-state index in [1.807, 2.05) is 0 Å². The summed E-state index contributed by atoms with van der Waals surface area (Å²) in [6, 6.07) is 6.26. The molecule has 0 radical (unpaired) electrons. The van der Waals surface area contributed by atoms with Crippen molar-refractivity contribution in [2.24, 2.45) is 0 Å². The highest BCUT2D eigenvalue weighted by Crippen LogP contribution is 2.23. The van der Waals surface area contributed by atoms with Gasteiger partial charge in [0, 0.05) is 6.42 Å². The first-order valence-corrected chi connectivity index (χ1v) is 7.19. The summed E-state index contributed by atoms with van der Waals surface area (Å²) in [7, 11) is 0. The van der Waals surface area contributed by atoms with Gasteiger partial charge in [-0.05, 0) is 24.1 Å². The zero-order valence-corrected chi connectivity index (χ0v) is 12.5. The van der Waals surface area contributed by atoms with Crippen molar-refractivity contribution in [3.63, 3.8) is 0 Å². The Morgan fingerprint density at radius 1 is 1.12 bits per heavy atom. The molecule has 5 unspecified atom stereocenters. The van der Waals surface area contributed by atoms with E-state index >= 15 is 0 Å². The highest BCUT2D eigenvalue weighted by atomic mass is 16.7. The number of aliphatic hydroxyl groups is 3. The van der Waals surface area contributed by atoms with Crippen LogP contribution in [0.25, 0.3) is 0 Å². The molecule has 132 valence electrons. The summed E-state index contributed by atoms with van der Waals surface area (Å²) in [5.41, 5.74) is 0.677. The van der Waals surface area contributed by atoms with Crippen molar-refractivity contribution in [1.82, 2.24) is 0 Å². The maximum Gasteiger partial charge on any atom is 0.335 e. The van der Waals surface area contributed by atoms with Crippen LogP contribution in [0.5, 0.6) is 5.75 Å². The van der Waals surface area contributed by atoms with Gasteiger partial charge in [-0.1, -0.05) is 12.1 Å². The van der Waals surface area contributed by atoms with Crippen LogP contribution in [0.2, 0.25) is 0 Å². The summed E-state index contributed by atoms with van der Waals surface area (Å²) >= 11 is 0. The molecule has 1 heterocycles. The number of rotatable bonds is 5. The first kappa shape index (κ1) is 18.1. The molecule has 1 saturated heterocycles. The molecule has 1 aromatic carbocycles. The number of aliphatic hydroxyl groups excluding tert-OH is 3. The summed E-state index contributed by atoms with van der Waals surface area (Å²) in [5, 5.41) is 47.1. The van der Waals surface area contributed by atoms with Crippen LogP contribution in [0.4, 0.5) is 0 Å². The van der Waals surface area contributed by atoms with E-state index in [0.717, 1.165) is 0 Å². The van der Waals surface area contributed by atoms with Gasteiger partial charge in [-0.2, -0.15) is 0 Å². The van der Waals surface area contributed by atoms with Crippen molar-refractivity contribution >= 4 is 11.9 Å². The molecule has 0 aromatic heterocycles. The van der Waals surface area contributed by atoms with Crippen LogP contribution in [0, 0.1) is 0 Å². The zero-order valence-electron chi connectivity index (χ0n) is 12.5. The molecule has 0 saturated carbocycles. The molecule has 1 fully saturated rings. The topological polar surface area (TPSA) is 154 Å². The lowest BCUT2D eigenvalue weighted by Gasteiger charge is -2.37. The number of phenolic OH excluding ortho intramolecular Hbond substituents is 1. The highest BCUT2D eigenvalue weighted by molar-refractivity contribution is 5.73. The maximum atomic E-state index is 11.8. The highest BCUT2D eigenvalue weighted by Gasteiger charge is 2.48. The SMILES string of the molecule is O=C(CCc1cccc(O)c1)OC1OC(C(=O)O)C(O)C(O)C1O. The first-order valence-electron chi connectivity index (χ1n) is 7.19. The van der Waals surface area contributed by atoms with Crippen LogP contribution in [0.1, 0.15) is 12.0 Å². The van der Waals surface area contributed by atoms with Gasteiger partial charge in [0.05, 0.1) is 0 Å². The number of hydrogen-bond donors (Lipinski definition) is 5. The Labute approximate surface area is 136 Å². The Bertz CT molecular complexity index is 602. The lowest BCUT2D eigenvalue weighted by molar-refractivity contribution is -0.286. The molecular formula is C15H18O9. The minimum Gasteiger partial charge on any atom is -0.508 e. The van der Waals surface area contributed by atoms with Crippen molar-refractivity contribution in [3.05, 3.63) is 29.8 Å². The molecule has 0 amide bonds. The van der Waals surface area contributed by atoms with Crippen LogP contribution >= 0.6 is 0 Å². The lowest BCUT2D eigenvalue weighted by Crippen LogP contribution is -2.60. The van der Waals surface area contributed by atoms with Crippen molar-refractivity contribution in [1.29, 1.82) is 0 Å². The first-order chi connectivity index (χ1) is 11.3. The molecule has 1 aliphatic rings. The monoisotopic (exact) mass is 342 g/mol. The van der Waals surface area contributed by atoms with Crippen molar-refractivity contribution in [2.45, 2.75) is 43.5 Å². The van der Waals surface area contributed by atoms with Gasteiger partial charge in [-0.25, -0.2) is 4.79 Å². The van der Waals surface area contributed by atoms with E-state index in [1.165, 1.54) is 12.1 Å². The Hall–Kier alpha value is -2.20. The molecule has 9 heteroatoms. The molecule has 9 nitrogen and oxygen atoms in total. The second kappa shape index (κ2) is 7.58. The fourth-order valence-corrected chi connectivity index (χ4v) is 2.30. The predicted octanol–water partition coefficient (Wildman–Crippen LogP) is -1.24. The van der Waals surface area contributed by atoms with Gasteiger partial charge in [0.2, 0.25) is 6.29 Å². The van der Waals surface area contributed by atoms with Gasteiger partial charge in [0.25, 0.3) is 0 Å². The van der Waals surface area contributed by atoms with Gasteiger partial charge >= 0.3 is 11.9 Å². The summed E-state index contributed by atoms with van der Waals surface area (Å²) in [6.07, 6.45) is -8.87. The van der Waals surface area contributed by atoms with E-state index in [0.29, 0.717) is 5.56 Å². The average molecular weight is 342 g/mol. The lowest BCUT2D eigenvalue weighted by atomic mass is 9.99. The van der Waals surface area contributed by atoms with Crippen LogP contribution in [-0.4, -0.2) is 68.2 Å². The molecule has 2 rings (SSSR count). The summed E-state index contributed by atoms with van der Waals surface area (Å²) in [5.74, 6) is -2.31. The van der Waals surface area contributed by atoms with Crippen LogP contribution in [0.3, 0.4) is 0 Å². The van der Waals surface area contributed by atoms with Crippen LogP contribution < -0.4 is 0 Å². The van der Waals surface area contributed by atoms with Crippen molar-refractivity contribution in [3.8, 4) is 5.75 Å². The third kappa shape index (κ3) is 4.20. The minimum absolute atomic E-state index is 0.0494. The maximum absolute atomic E-state index is 11.8. The number of ether oxygens (including phenoxy) is 2. The number of benzene rings is 1. The van der Waals surface area contributed by atoms with Gasteiger partial charge < -0.3 is 35.0 Å². The van der Waals surface area contributed by atoms with Crippen molar-refractivity contribution in [2.75, 3.05) is 0 Å². The Balaban J connectivity index is 1.93. The largest absolute Gasteiger partial charge is 0.508 e. The predicted molar refractivity (Wildman–Crippen MR) is 76.8 cm³/mol. The van der Waals surface area contributed by atoms with Crippen molar-refractivity contribution < 1.29 is 44.6 Å². The zero-order chi connectivity index (χ0) is 17.9. The average Bonchev–Trinajstić information content (AvgIpc) is 2.53. The van der Waals surface area contributed by atoms with Gasteiger partial charge in [0.15, 0.2) is 6.10 Å². The number of carbonyl (C=O) groups excluding carboxylic acids is 1. The number of aryl methyl sites for hydroxylation is 1. The van der Waals surface area contributed by atoms with E-state index in [4.69, 9.17) is 14.6 Å². The molecule has 1 aliphatic heterocycles. The number of carboxylic acid groups (broad SMARTS) is 1. The molecule has 1 aromatic rings. The molecule has 0 bridgehead atoms. The number of carbonyl (C=O) groups is 2. The Kier molecular flexibility index (Phi) is 5.73. The second-order valence-corrected chi connectivity index (χ2v) is 5.39. The summed E-state index contributed by atoms with van der Waals surface area (Å²) < 4.78 is 9.69. The summed E-state index contributed by atoms with van der Waals surface area (Å²) in [6.45, 7) is 0. The number of carboxylic acids is 1. The van der Waals surface area contributed by atoms with Crippen LogP contribution in [0.15, 0.2) is 24.3 Å². The van der Waals surface area contributed by atoms with E-state index < -0.39 is 42.6 Å². The van der Waals surface area contributed by atoms with E-state index in [1.54, 1.807) is 12.1 Å². The third-order valence-electron chi connectivity index (χ3n) is 3.59. The Morgan fingerprint density at radius 2 is 1.83 bits per heavy atom. The van der Waals surface area contributed by atoms with E-state index in [2.05, 4.69) is 0 Å². The number of esters is 1. The van der Waals surface area contributed by atoms with Gasteiger partial charge in [-0.3, -0.25) is 4.79 Å². The minimum atomic E-state index is -1.85. The van der Waals surface area contributed by atoms with E-state index in [9.17, 15) is 30.0 Å². The molecule has 24 heavy (non-hydrogen) atoms. The second-order valence-electron chi connectivity index (χ2n) is 5.39. The number of aromatic hydroxyl groups is 1. The standard InChI is InChI=1S/C15H18O9/c16-8-3-1-2-7(6-8)4-5-9(17)23-15-12(20)10(18)11(19)13(24-15)14(21)22/h1-3,6,10-13,15-16,18-20H,4-5H2,(H,21,22). The van der Waals surface area contributed by atoms with E-state index in [-0.39, 0.29) is 18.6 Å². The fourth-order valence-electron chi connectivity index (χ4n) is 2.30. The molecule has 0 aliphatic carbocycles. The normalized spacial score (nSPS) is 29.9.